The normalized spacial score (nSPS) is 10.3. The monoisotopic (exact) mass is 243 g/mol. The largest absolute Gasteiger partial charge is 0.478 e. The molecule has 1 heterocycles. The average molecular weight is 243 g/mol. The number of aromatic carboxylic acids is 1. The Morgan fingerprint density at radius 3 is 2.44 bits per heavy atom. The molecular formula is C14H13NO3. The van der Waals surface area contributed by atoms with Gasteiger partial charge in [-0.05, 0) is 36.8 Å². The molecule has 0 amide bonds. The molecule has 0 radical (unpaired) electrons. The molecule has 0 aliphatic heterocycles. The zero-order chi connectivity index (χ0) is 13.1. The lowest BCUT2D eigenvalue weighted by Gasteiger charge is -2.08. The number of aromatic nitrogens is 1. The summed E-state index contributed by atoms with van der Waals surface area (Å²) in [4.78, 5) is 21.6. The van der Waals surface area contributed by atoms with Crippen LogP contribution in [0.4, 0.5) is 0 Å². The Balaban J connectivity index is 2.26. The molecule has 92 valence electrons. The number of carbonyl (C=O) groups excluding carboxylic acids is 1. The molecule has 2 aromatic rings. The highest BCUT2D eigenvalue weighted by molar-refractivity contribution is 5.87. The lowest BCUT2D eigenvalue weighted by molar-refractivity contribution is 0.0696. The third-order valence-electron chi connectivity index (χ3n) is 2.90. The quantitative estimate of drug-likeness (QED) is 0.838. The predicted octanol–water partition coefficient (Wildman–Crippen LogP) is 2.36. The molecule has 1 aromatic carbocycles. The topological polar surface area (TPSA) is 59.3 Å². The Kier molecular flexibility index (Phi) is 3.28. The van der Waals surface area contributed by atoms with Crippen molar-refractivity contribution in [3.8, 4) is 0 Å². The number of carboxylic acid groups (broad SMARTS) is 1. The molecule has 0 aliphatic rings. The van der Waals surface area contributed by atoms with Crippen molar-refractivity contribution in [3.05, 3.63) is 58.9 Å². The number of carbonyl (C=O) groups is 2. The highest BCUT2D eigenvalue weighted by atomic mass is 16.4. The second kappa shape index (κ2) is 4.87. The predicted molar refractivity (Wildman–Crippen MR) is 67.1 cm³/mol. The third kappa shape index (κ3) is 2.32. The van der Waals surface area contributed by atoms with Gasteiger partial charge in [-0.25, -0.2) is 4.79 Å². The Morgan fingerprint density at radius 2 is 1.89 bits per heavy atom. The van der Waals surface area contributed by atoms with Crippen molar-refractivity contribution in [3.63, 3.8) is 0 Å². The zero-order valence-electron chi connectivity index (χ0n) is 9.96. The first-order valence-electron chi connectivity index (χ1n) is 5.55. The van der Waals surface area contributed by atoms with E-state index >= 15 is 0 Å². The van der Waals surface area contributed by atoms with Gasteiger partial charge in [0.05, 0.1) is 11.3 Å². The average Bonchev–Trinajstić information content (AvgIpc) is 2.71. The molecule has 0 atom stereocenters. The minimum absolute atomic E-state index is 0.263. The van der Waals surface area contributed by atoms with Gasteiger partial charge in [-0.3, -0.25) is 4.79 Å². The summed E-state index contributed by atoms with van der Waals surface area (Å²) in [5, 5.41) is 8.81. The van der Waals surface area contributed by atoms with Gasteiger partial charge < -0.3 is 9.67 Å². The van der Waals surface area contributed by atoms with Crippen molar-refractivity contribution < 1.29 is 14.7 Å². The van der Waals surface area contributed by atoms with Crippen LogP contribution in [0.15, 0.2) is 36.4 Å². The highest BCUT2D eigenvalue weighted by Gasteiger charge is 2.06. The van der Waals surface area contributed by atoms with E-state index in [0.717, 1.165) is 17.5 Å². The lowest BCUT2D eigenvalue weighted by Crippen LogP contribution is -2.06. The molecule has 0 unspecified atom stereocenters. The second-order valence-electron chi connectivity index (χ2n) is 4.11. The standard InChI is InChI=1S/C14H13NO3/c1-10-2-7-13(9-16)15(10)8-11-3-5-12(6-4-11)14(17)18/h2-7,9H,8H2,1H3,(H,17,18). The fourth-order valence-corrected chi connectivity index (χ4v) is 1.84. The summed E-state index contributed by atoms with van der Waals surface area (Å²) in [7, 11) is 0. The van der Waals surface area contributed by atoms with E-state index in [-0.39, 0.29) is 5.56 Å². The first-order valence-corrected chi connectivity index (χ1v) is 5.55. The smallest absolute Gasteiger partial charge is 0.335 e. The van der Waals surface area contributed by atoms with Crippen molar-refractivity contribution in [2.45, 2.75) is 13.5 Å². The van der Waals surface area contributed by atoms with Gasteiger partial charge in [-0.1, -0.05) is 12.1 Å². The van der Waals surface area contributed by atoms with Crippen LogP contribution in [0.25, 0.3) is 0 Å². The summed E-state index contributed by atoms with van der Waals surface area (Å²) in [6.07, 6.45) is 0.818. The van der Waals surface area contributed by atoms with E-state index in [1.807, 2.05) is 17.6 Å². The first-order chi connectivity index (χ1) is 8.61. The van der Waals surface area contributed by atoms with Crippen molar-refractivity contribution in [1.82, 2.24) is 4.57 Å². The Bertz CT molecular complexity index is 582. The summed E-state index contributed by atoms with van der Waals surface area (Å²) in [6.45, 7) is 2.49. The maximum absolute atomic E-state index is 10.9. The zero-order valence-corrected chi connectivity index (χ0v) is 9.96. The van der Waals surface area contributed by atoms with Gasteiger partial charge in [0.15, 0.2) is 6.29 Å². The fraction of sp³-hybridized carbons (Fsp3) is 0.143. The molecule has 18 heavy (non-hydrogen) atoms. The van der Waals surface area contributed by atoms with Gasteiger partial charge in [0.25, 0.3) is 0 Å². The van der Waals surface area contributed by atoms with Crippen LogP contribution in [-0.2, 0) is 6.54 Å². The highest BCUT2D eigenvalue weighted by Crippen LogP contribution is 2.12. The van der Waals surface area contributed by atoms with Crippen molar-refractivity contribution in [2.24, 2.45) is 0 Å². The van der Waals surface area contributed by atoms with Crippen LogP contribution in [0.1, 0.15) is 32.1 Å². The second-order valence-corrected chi connectivity index (χ2v) is 4.11. The summed E-state index contributed by atoms with van der Waals surface area (Å²) >= 11 is 0. The van der Waals surface area contributed by atoms with Crippen LogP contribution in [0, 0.1) is 6.92 Å². The van der Waals surface area contributed by atoms with E-state index in [4.69, 9.17) is 5.11 Å². The molecule has 0 aliphatic carbocycles. The van der Waals surface area contributed by atoms with Gasteiger partial charge in [-0.2, -0.15) is 0 Å². The van der Waals surface area contributed by atoms with E-state index in [0.29, 0.717) is 12.2 Å². The van der Waals surface area contributed by atoms with E-state index in [1.165, 1.54) is 0 Å². The van der Waals surface area contributed by atoms with Crippen LogP contribution >= 0.6 is 0 Å². The van der Waals surface area contributed by atoms with Gasteiger partial charge >= 0.3 is 5.97 Å². The minimum Gasteiger partial charge on any atom is -0.478 e. The number of aldehydes is 1. The molecular weight excluding hydrogens is 230 g/mol. The van der Waals surface area contributed by atoms with E-state index in [2.05, 4.69) is 0 Å². The summed E-state index contributed by atoms with van der Waals surface area (Å²) < 4.78 is 1.89. The molecule has 0 spiro atoms. The third-order valence-corrected chi connectivity index (χ3v) is 2.90. The number of nitrogens with zero attached hydrogens (tertiary/aromatic N) is 1. The van der Waals surface area contributed by atoms with Gasteiger partial charge in [0.2, 0.25) is 0 Å². The molecule has 4 heteroatoms. The molecule has 1 aromatic heterocycles. The van der Waals surface area contributed by atoms with Gasteiger partial charge in [-0.15, -0.1) is 0 Å². The maximum Gasteiger partial charge on any atom is 0.335 e. The molecule has 1 N–H and O–H groups in total. The molecule has 0 saturated heterocycles. The molecule has 4 nitrogen and oxygen atoms in total. The van der Waals surface area contributed by atoms with Crippen molar-refractivity contribution in [1.29, 1.82) is 0 Å². The van der Waals surface area contributed by atoms with E-state index in [9.17, 15) is 9.59 Å². The number of hydrogen-bond acceptors (Lipinski definition) is 2. The van der Waals surface area contributed by atoms with Crippen molar-refractivity contribution >= 4 is 12.3 Å². The van der Waals surface area contributed by atoms with Crippen molar-refractivity contribution in [2.75, 3.05) is 0 Å². The fourth-order valence-electron chi connectivity index (χ4n) is 1.84. The van der Waals surface area contributed by atoms with Crippen LogP contribution in [-0.4, -0.2) is 21.9 Å². The summed E-state index contributed by atoms with van der Waals surface area (Å²) in [5.74, 6) is -0.938. The lowest BCUT2D eigenvalue weighted by atomic mass is 10.1. The Morgan fingerprint density at radius 1 is 1.22 bits per heavy atom. The summed E-state index contributed by atoms with van der Waals surface area (Å²) in [5.41, 5.74) is 2.84. The minimum atomic E-state index is -0.938. The number of aryl methyl sites for hydroxylation is 1. The van der Waals surface area contributed by atoms with Crippen LogP contribution in [0.2, 0.25) is 0 Å². The SMILES string of the molecule is Cc1ccc(C=O)n1Cc1ccc(C(=O)O)cc1. The van der Waals surface area contributed by atoms with Crippen LogP contribution in [0.5, 0.6) is 0 Å². The maximum atomic E-state index is 10.9. The van der Waals surface area contributed by atoms with Crippen LogP contribution in [0.3, 0.4) is 0 Å². The van der Waals surface area contributed by atoms with E-state index in [1.54, 1.807) is 30.3 Å². The summed E-state index contributed by atoms with van der Waals surface area (Å²) in [6, 6.07) is 10.3. The van der Waals surface area contributed by atoms with Crippen LogP contribution < -0.4 is 0 Å². The van der Waals surface area contributed by atoms with E-state index < -0.39 is 5.97 Å². The number of hydrogen-bond donors (Lipinski definition) is 1. The molecule has 2 rings (SSSR count). The van der Waals surface area contributed by atoms with Gasteiger partial charge in [0.1, 0.15) is 0 Å². The first kappa shape index (κ1) is 12.1. The molecule has 0 fully saturated rings. The number of rotatable bonds is 4. The van der Waals surface area contributed by atoms with Gasteiger partial charge in [0, 0.05) is 12.2 Å². The number of carboxylic acids is 1. The number of benzene rings is 1. The molecule has 0 bridgehead atoms. The Labute approximate surface area is 104 Å². The Hall–Kier alpha value is -2.36. The molecule has 0 saturated carbocycles.